The van der Waals surface area contributed by atoms with Gasteiger partial charge >= 0.3 is 0 Å². The molecule has 2 rings (SSSR count). The molecule has 0 aliphatic carbocycles. The number of carbonyl (C=O) groups is 2. The fourth-order valence-corrected chi connectivity index (χ4v) is 3.36. The normalized spacial score (nSPS) is 10.5. The molecule has 0 fully saturated rings. The predicted molar refractivity (Wildman–Crippen MR) is 95.0 cm³/mol. The molecule has 0 unspecified atom stereocenters. The van der Waals surface area contributed by atoms with Gasteiger partial charge in [0.25, 0.3) is 5.91 Å². The molecule has 0 saturated heterocycles. The number of aryl methyl sites for hydroxylation is 1. The number of carbonyl (C=O) groups excluding carboxylic acids is 2. The van der Waals surface area contributed by atoms with E-state index in [1.165, 1.54) is 16.2 Å². The molecular formula is C17H22N4O2S. The van der Waals surface area contributed by atoms with Gasteiger partial charge in [-0.15, -0.1) is 11.3 Å². The maximum atomic E-state index is 12.7. The minimum Gasteiger partial charge on any atom is -0.342 e. The third-order valence-corrected chi connectivity index (χ3v) is 4.88. The largest absolute Gasteiger partial charge is 0.342 e. The Morgan fingerprint density at radius 3 is 2.50 bits per heavy atom. The van der Waals surface area contributed by atoms with Crippen molar-refractivity contribution in [2.75, 3.05) is 26.7 Å². The predicted octanol–water partition coefficient (Wildman–Crippen LogP) is 2.45. The molecule has 0 N–H and O–H groups in total. The van der Waals surface area contributed by atoms with E-state index in [1.807, 2.05) is 32.0 Å². The van der Waals surface area contributed by atoms with Crippen LogP contribution in [-0.2, 0) is 4.79 Å². The Balaban J connectivity index is 2.15. The van der Waals surface area contributed by atoms with Crippen molar-refractivity contribution in [2.45, 2.75) is 20.8 Å². The zero-order chi connectivity index (χ0) is 17.7. The van der Waals surface area contributed by atoms with E-state index in [9.17, 15) is 9.59 Å². The van der Waals surface area contributed by atoms with Crippen molar-refractivity contribution in [1.82, 2.24) is 19.8 Å². The van der Waals surface area contributed by atoms with E-state index in [4.69, 9.17) is 0 Å². The first-order valence-electron chi connectivity index (χ1n) is 7.90. The summed E-state index contributed by atoms with van der Waals surface area (Å²) in [5.74, 6) is -0.240. The number of hydrogen-bond donors (Lipinski definition) is 0. The van der Waals surface area contributed by atoms with E-state index in [1.54, 1.807) is 25.1 Å². The molecule has 2 heterocycles. The number of aromatic nitrogens is 2. The van der Waals surface area contributed by atoms with Crippen LogP contribution < -0.4 is 0 Å². The van der Waals surface area contributed by atoms with Crippen LogP contribution >= 0.6 is 11.3 Å². The monoisotopic (exact) mass is 346 g/mol. The summed E-state index contributed by atoms with van der Waals surface area (Å²) in [5, 5.41) is 0.708. The van der Waals surface area contributed by atoms with Crippen LogP contribution in [0, 0.1) is 6.92 Å². The molecule has 0 aromatic carbocycles. The summed E-state index contributed by atoms with van der Waals surface area (Å²) < 4.78 is 0. The molecule has 0 aliphatic rings. The molecule has 7 heteroatoms. The highest BCUT2D eigenvalue weighted by atomic mass is 32.1. The van der Waals surface area contributed by atoms with E-state index in [-0.39, 0.29) is 18.4 Å². The topological polar surface area (TPSA) is 66.4 Å². The molecule has 128 valence electrons. The lowest BCUT2D eigenvalue weighted by Gasteiger charge is -2.22. The lowest BCUT2D eigenvalue weighted by Crippen LogP contribution is -2.41. The third kappa shape index (κ3) is 3.97. The minimum atomic E-state index is -0.187. The maximum Gasteiger partial charge on any atom is 0.266 e. The summed E-state index contributed by atoms with van der Waals surface area (Å²) in [7, 11) is 1.64. The molecule has 0 saturated carbocycles. The Labute approximate surface area is 146 Å². The van der Waals surface area contributed by atoms with Gasteiger partial charge in [0.05, 0.1) is 17.9 Å². The first-order chi connectivity index (χ1) is 11.5. The van der Waals surface area contributed by atoms with Gasteiger partial charge in [0, 0.05) is 26.3 Å². The second kappa shape index (κ2) is 8.01. The van der Waals surface area contributed by atoms with Crippen molar-refractivity contribution >= 4 is 23.2 Å². The number of likely N-dealkylation sites (N-methyl/N-ethyl adjacent to an activating group) is 2. The van der Waals surface area contributed by atoms with Gasteiger partial charge in [-0.25, -0.2) is 4.98 Å². The maximum absolute atomic E-state index is 12.7. The summed E-state index contributed by atoms with van der Waals surface area (Å²) in [6, 6.07) is 5.58. The number of thiazole rings is 1. The number of pyridine rings is 1. The molecule has 0 aliphatic heterocycles. The zero-order valence-corrected chi connectivity index (χ0v) is 15.3. The van der Waals surface area contributed by atoms with Crippen molar-refractivity contribution in [1.29, 1.82) is 0 Å². The second-order valence-electron chi connectivity index (χ2n) is 5.38. The Bertz CT molecular complexity index is 711. The van der Waals surface area contributed by atoms with Crippen LogP contribution in [0.1, 0.15) is 29.2 Å². The van der Waals surface area contributed by atoms with E-state index < -0.39 is 0 Å². The smallest absolute Gasteiger partial charge is 0.266 e. The van der Waals surface area contributed by atoms with Gasteiger partial charge in [0.2, 0.25) is 5.91 Å². The average Bonchev–Trinajstić information content (AvgIpc) is 2.97. The number of nitrogens with zero attached hydrogens (tertiary/aromatic N) is 4. The summed E-state index contributed by atoms with van der Waals surface area (Å²) >= 11 is 1.31. The highest BCUT2D eigenvalue weighted by Gasteiger charge is 2.22. The molecule has 6 nitrogen and oxygen atoms in total. The molecule has 2 amide bonds. The van der Waals surface area contributed by atoms with E-state index in [0.29, 0.717) is 28.7 Å². The Morgan fingerprint density at radius 2 is 1.92 bits per heavy atom. The van der Waals surface area contributed by atoms with E-state index in [0.717, 1.165) is 5.69 Å². The first kappa shape index (κ1) is 18.1. The van der Waals surface area contributed by atoms with Crippen molar-refractivity contribution in [3.05, 3.63) is 35.0 Å². The molecule has 2 aromatic heterocycles. The van der Waals surface area contributed by atoms with Gasteiger partial charge in [-0.3, -0.25) is 14.6 Å². The van der Waals surface area contributed by atoms with Crippen LogP contribution in [0.5, 0.6) is 0 Å². The van der Waals surface area contributed by atoms with Crippen LogP contribution in [0.2, 0.25) is 0 Å². The molecule has 0 atom stereocenters. The third-order valence-electron chi connectivity index (χ3n) is 3.71. The van der Waals surface area contributed by atoms with Gasteiger partial charge in [-0.2, -0.15) is 0 Å². The van der Waals surface area contributed by atoms with Crippen molar-refractivity contribution in [2.24, 2.45) is 0 Å². The first-order valence-corrected chi connectivity index (χ1v) is 8.71. The van der Waals surface area contributed by atoms with E-state index in [2.05, 4.69) is 9.97 Å². The summed E-state index contributed by atoms with van der Waals surface area (Å²) in [4.78, 5) is 37.2. The Hall–Kier alpha value is -2.28. The highest BCUT2D eigenvalue weighted by Crippen LogP contribution is 2.27. The summed E-state index contributed by atoms with van der Waals surface area (Å²) in [5.41, 5.74) is 1.40. The van der Waals surface area contributed by atoms with Crippen molar-refractivity contribution < 1.29 is 9.59 Å². The van der Waals surface area contributed by atoms with Crippen molar-refractivity contribution in [3.8, 4) is 10.7 Å². The lowest BCUT2D eigenvalue weighted by molar-refractivity contribution is -0.131. The molecule has 0 bridgehead atoms. The van der Waals surface area contributed by atoms with Gasteiger partial charge in [-0.05, 0) is 32.9 Å². The van der Waals surface area contributed by atoms with Crippen LogP contribution in [0.15, 0.2) is 24.4 Å². The van der Waals surface area contributed by atoms with Crippen LogP contribution in [0.4, 0.5) is 0 Å². The quantitative estimate of drug-likeness (QED) is 0.806. The van der Waals surface area contributed by atoms with Gasteiger partial charge < -0.3 is 9.80 Å². The van der Waals surface area contributed by atoms with Gasteiger partial charge in [-0.1, -0.05) is 6.07 Å². The summed E-state index contributed by atoms with van der Waals surface area (Å²) in [6.45, 7) is 7.00. The number of rotatable bonds is 6. The van der Waals surface area contributed by atoms with Crippen LogP contribution in [0.25, 0.3) is 10.7 Å². The van der Waals surface area contributed by atoms with Crippen LogP contribution in [-0.4, -0.2) is 58.3 Å². The van der Waals surface area contributed by atoms with Crippen LogP contribution in [0.3, 0.4) is 0 Å². The Kier molecular flexibility index (Phi) is 6.03. The SMILES string of the molecule is CCN(CC)C(=O)CN(C)C(=O)c1sc(-c2ccccn2)nc1C. The van der Waals surface area contributed by atoms with Gasteiger partial charge in [0.15, 0.2) is 0 Å². The van der Waals surface area contributed by atoms with Gasteiger partial charge in [0.1, 0.15) is 9.88 Å². The fraction of sp³-hybridized carbons (Fsp3) is 0.412. The van der Waals surface area contributed by atoms with E-state index >= 15 is 0 Å². The standard InChI is InChI=1S/C17H22N4O2S/c1-5-21(6-2)14(22)11-20(4)17(23)15-12(3)19-16(24-15)13-9-7-8-10-18-13/h7-10H,5-6,11H2,1-4H3. The molecule has 0 radical (unpaired) electrons. The number of hydrogen-bond acceptors (Lipinski definition) is 5. The second-order valence-corrected chi connectivity index (χ2v) is 6.37. The minimum absolute atomic E-state index is 0.0528. The molecular weight excluding hydrogens is 324 g/mol. The molecule has 24 heavy (non-hydrogen) atoms. The average molecular weight is 346 g/mol. The fourth-order valence-electron chi connectivity index (χ4n) is 2.32. The number of amides is 2. The highest BCUT2D eigenvalue weighted by molar-refractivity contribution is 7.17. The molecule has 0 spiro atoms. The Morgan fingerprint density at radius 1 is 1.21 bits per heavy atom. The summed E-state index contributed by atoms with van der Waals surface area (Å²) in [6.07, 6.45) is 1.70. The zero-order valence-electron chi connectivity index (χ0n) is 14.4. The molecule has 2 aromatic rings. The lowest BCUT2D eigenvalue weighted by atomic mass is 10.3. The van der Waals surface area contributed by atoms with Crippen molar-refractivity contribution in [3.63, 3.8) is 0 Å².